The molecule has 3 nitrogen and oxygen atoms in total. The molecule has 0 radical (unpaired) electrons. The zero-order chi connectivity index (χ0) is 8.97. The van der Waals surface area contributed by atoms with Gasteiger partial charge in [0.25, 0.3) is 0 Å². The Hall–Kier alpha value is -0.800. The van der Waals surface area contributed by atoms with Gasteiger partial charge in [0.05, 0.1) is 0 Å². The van der Waals surface area contributed by atoms with Crippen LogP contribution in [-0.4, -0.2) is 16.7 Å². The Morgan fingerprint density at radius 2 is 2.33 bits per heavy atom. The SMILES string of the molecule is O=c1cc(Cl)[nH]cc1CCCO. The van der Waals surface area contributed by atoms with Crippen molar-refractivity contribution in [3.05, 3.63) is 33.2 Å². The molecule has 0 saturated carbocycles. The van der Waals surface area contributed by atoms with Crippen molar-refractivity contribution in [1.82, 2.24) is 4.98 Å². The summed E-state index contributed by atoms with van der Waals surface area (Å²) in [5, 5.41) is 8.88. The van der Waals surface area contributed by atoms with Crippen LogP contribution in [0.5, 0.6) is 0 Å². The molecule has 66 valence electrons. The Balaban J connectivity index is 2.80. The summed E-state index contributed by atoms with van der Waals surface area (Å²) in [4.78, 5) is 13.9. The third-order valence-electron chi connectivity index (χ3n) is 1.56. The molecule has 0 aliphatic heterocycles. The van der Waals surface area contributed by atoms with E-state index in [4.69, 9.17) is 16.7 Å². The van der Waals surface area contributed by atoms with Gasteiger partial charge in [-0.1, -0.05) is 11.6 Å². The molecular weight excluding hydrogens is 178 g/mol. The topological polar surface area (TPSA) is 53.1 Å². The molecule has 1 aromatic rings. The number of pyridine rings is 1. The maximum Gasteiger partial charge on any atom is 0.186 e. The fourth-order valence-corrected chi connectivity index (χ4v) is 1.10. The van der Waals surface area contributed by atoms with Crippen molar-refractivity contribution in [2.24, 2.45) is 0 Å². The number of halogens is 1. The number of hydrogen-bond donors (Lipinski definition) is 2. The minimum absolute atomic E-state index is 0.0767. The zero-order valence-electron chi connectivity index (χ0n) is 6.51. The molecule has 0 aromatic carbocycles. The molecule has 1 heterocycles. The number of aliphatic hydroxyl groups is 1. The molecule has 0 amide bonds. The lowest BCUT2D eigenvalue weighted by atomic mass is 10.1. The van der Waals surface area contributed by atoms with Crippen LogP contribution >= 0.6 is 11.6 Å². The molecule has 0 spiro atoms. The smallest absolute Gasteiger partial charge is 0.186 e. The summed E-state index contributed by atoms with van der Waals surface area (Å²) >= 11 is 5.55. The first-order valence-electron chi connectivity index (χ1n) is 3.72. The Labute approximate surface area is 75.0 Å². The van der Waals surface area contributed by atoms with E-state index < -0.39 is 0 Å². The monoisotopic (exact) mass is 187 g/mol. The van der Waals surface area contributed by atoms with Crippen LogP contribution in [0.3, 0.4) is 0 Å². The number of nitrogens with one attached hydrogen (secondary N) is 1. The highest BCUT2D eigenvalue weighted by Gasteiger charge is 1.98. The molecular formula is C8H10ClNO2. The molecule has 0 unspecified atom stereocenters. The molecule has 0 atom stereocenters. The lowest BCUT2D eigenvalue weighted by Crippen LogP contribution is -2.08. The number of H-pyrrole nitrogens is 1. The Morgan fingerprint density at radius 1 is 1.58 bits per heavy atom. The van der Waals surface area contributed by atoms with Crippen molar-refractivity contribution < 1.29 is 5.11 Å². The first-order chi connectivity index (χ1) is 5.74. The maximum absolute atomic E-state index is 11.2. The van der Waals surface area contributed by atoms with Gasteiger partial charge in [-0.25, -0.2) is 0 Å². The summed E-state index contributed by atoms with van der Waals surface area (Å²) in [5.74, 6) is 0. The number of aromatic amines is 1. The van der Waals surface area contributed by atoms with Crippen LogP contribution < -0.4 is 5.43 Å². The molecule has 12 heavy (non-hydrogen) atoms. The predicted molar refractivity (Wildman–Crippen MR) is 47.5 cm³/mol. The average Bonchev–Trinajstić information content (AvgIpc) is 2.03. The van der Waals surface area contributed by atoms with E-state index in [-0.39, 0.29) is 12.0 Å². The molecule has 0 bridgehead atoms. The van der Waals surface area contributed by atoms with Gasteiger partial charge >= 0.3 is 0 Å². The Kier molecular flexibility index (Phi) is 3.31. The third-order valence-corrected chi connectivity index (χ3v) is 1.78. The minimum atomic E-state index is -0.0767. The van der Waals surface area contributed by atoms with Crippen molar-refractivity contribution >= 4 is 11.6 Å². The highest BCUT2D eigenvalue weighted by atomic mass is 35.5. The maximum atomic E-state index is 11.2. The molecule has 4 heteroatoms. The van der Waals surface area contributed by atoms with E-state index >= 15 is 0 Å². The lowest BCUT2D eigenvalue weighted by Gasteiger charge is -1.97. The normalized spacial score (nSPS) is 10.2. The fraction of sp³-hybridized carbons (Fsp3) is 0.375. The summed E-state index contributed by atoms with van der Waals surface area (Å²) in [5.41, 5.74) is 0.584. The van der Waals surface area contributed by atoms with E-state index in [2.05, 4.69) is 4.98 Å². The molecule has 0 fully saturated rings. The number of rotatable bonds is 3. The predicted octanol–water partition coefficient (Wildman–Crippen LogP) is 0.953. The average molecular weight is 188 g/mol. The van der Waals surface area contributed by atoms with Crippen molar-refractivity contribution in [3.8, 4) is 0 Å². The molecule has 0 aliphatic rings. The number of aryl methyl sites for hydroxylation is 1. The molecule has 0 saturated heterocycles. The first kappa shape index (κ1) is 9.29. The largest absolute Gasteiger partial charge is 0.396 e. The van der Waals surface area contributed by atoms with Crippen LogP contribution in [0, 0.1) is 0 Å². The van der Waals surface area contributed by atoms with Crippen molar-refractivity contribution in [1.29, 1.82) is 0 Å². The van der Waals surface area contributed by atoms with E-state index in [1.165, 1.54) is 6.07 Å². The lowest BCUT2D eigenvalue weighted by molar-refractivity contribution is 0.288. The second-order valence-corrected chi connectivity index (χ2v) is 2.90. The van der Waals surface area contributed by atoms with E-state index in [9.17, 15) is 4.79 Å². The number of aliphatic hydroxyl groups excluding tert-OH is 1. The van der Waals surface area contributed by atoms with Crippen LogP contribution in [0.25, 0.3) is 0 Å². The standard InChI is InChI=1S/C8H10ClNO2/c9-8-4-7(12)6(5-10-8)2-1-3-11/h4-5,11H,1-3H2,(H,10,12). The highest BCUT2D eigenvalue weighted by molar-refractivity contribution is 6.29. The van der Waals surface area contributed by atoms with E-state index in [0.29, 0.717) is 23.6 Å². The van der Waals surface area contributed by atoms with Gasteiger partial charge in [-0.15, -0.1) is 0 Å². The summed E-state index contributed by atoms with van der Waals surface area (Å²) in [6, 6.07) is 1.34. The summed E-state index contributed by atoms with van der Waals surface area (Å²) in [6.45, 7) is 0.0993. The summed E-state index contributed by atoms with van der Waals surface area (Å²) in [6.07, 6.45) is 2.77. The van der Waals surface area contributed by atoms with Crippen molar-refractivity contribution in [2.45, 2.75) is 12.8 Å². The summed E-state index contributed by atoms with van der Waals surface area (Å²) in [7, 11) is 0. The van der Waals surface area contributed by atoms with Crippen LogP contribution in [0.1, 0.15) is 12.0 Å². The zero-order valence-corrected chi connectivity index (χ0v) is 7.27. The van der Waals surface area contributed by atoms with Crippen LogP contribution in [0.4, 0.5) is 0 Å². The Bertz CT molecular complexity index is 308. The number of hydrogen-bond acceptors (Lipinski definition) is 2. The van der Waals surface area contributed by atoms with Crippen LogP contribution in [0.15, 0.2) is 17.1 Å². The minimum Gasteiger partial charge on any atom is -0.396 e. The van der Waals surface area contributed by atoms with Gasteiger partial charge in [-0.05, 0) is 12.8 Å². The fourth-order valence-electron chi connectivity index (χ4n) is 0.942. The van der Waals surface area contributed by atoms with Gasteiger partial charge < -0.3 is 10.1 Å². The third kappa shape index (κ3) is 2.36. The molecule has 1 rings (SSSR count). The highest BCUT2D eigenvalue weighted by Crippen LogP contribution is 2.01. The number of aromatic nitrogens is 1. The first-order valence-corrected chi connectivity index (χ1v) is 4.10. The second kappa shape index (κ2) is 4.28. The van der Waals surface area contributed by atoms with Crippen molar-refractivity contribution in [3.63, 3.8) is 0 Å². The van der Waals surface area contributed by atoms with E-state index in [0.717, 1.165) is 0 Å². The van der Waals surface area contributed by atoms with E-state index in [1.54, 1.807) is 6.20 Å². The molecule has 2 N–H and O–H groups in total. The van der Waals surface area contributed by atoms with Gasteiger partial charge in [0, 0.05) is 24.4 Å². The van der Waals surface area contributed by atoms with Gasteiger partial charge in [0.1, 0.15) is 5.15 Å². The van der Waals surface area contributed by atoms with Crippen LogP contribution in [0.2, 0.25) is 5.15 Å². The van der Waals surface area contributed by atoms with Crippen LogP contribution in [-0.2, 0) is 6.42 Å². The van der Waals surface area contributed by atoms with Gasteiger partial charge in [-0.3, -0.25) is 4.79 Å². The summed E-state index contributed by atoms with van der Waals surface area (Å²) < 4.78 is 0. The van der Waals surface area contributed by atoms with Gasteiger partial charge in [-0.2, -0.15) is 0 Å². The van der Waals surface area contributed by atoms with Crippen molar-refractivity contribution in [2.75, 3.05) is 6.61 Å². The molecule has 0 aliphatic carbocycles. The van der Waals surface area contributed by atoms with Gasteiger partial charge in [0.2, 0.25) is 0 Å². The second-order valence-electron chi connectivity index (χ2n) is 2.50. The van der Waals surface area contributed by atoms with Gasteiger partial charge in [0.15, 0.2) is 5.43 Å². The Morgan fingerprint density at radius 3 is 2.92 bits per heavy atom. The molecule has 1 aromatic heterocycles. The quantitative estimate of drug-likeness (QED) is 0.693. The van der Waals surface area contributed by atoms with E-state index in [1.807, 2.05) is 0 Å².